The third-order valence-electron chi connectivity index (χ3n) is 5.13. The predicted octanol–water partition coefficient (Wildman–Crippen LogP) is -1.72. The van der Waals surface area contributed by atoms with Crippen molar-refractivity contribution < 1.29 is 30.0 Å². The summed E-state index contributed by atoms with van der Waals surface area (Å²) in [4.78, 5) is 28.0. The number of rotatable bonds is 9. The van der Waals surface area contributed by atoms with Crippen LogP contribution in [0.1, 0.15) is 5.56 Å². The summed E-state index contributed by atoms with van der Waals surface area (Å²) in [5.74, 6) is 3.47. The number of aliphatic carboxylic acids is 2. The van der Waals surface area contributed by atoms with Crippen LogP contribution in [0.25, 0.3) is 0 Å². The summed E-state index contributed by atoms with van der Waals surface area (Å²) in [6.07, 6.45) is -0.989. The fraction of sp³-hybridized carbons (Fsp3) is 0.579. The molecule has 30 heavy (non-hydrogen) atoms. The van der Waals surface area contributed by atoms with E-state index in [4.69, 9.17) is 10.9 Å². The van der Waals surface area contributed by atoms with Crippen LogP contribution in [0.4, 0.5) is 5.69 Å². The van der Waals surface area contributed by atoms with Gasteiger partial charge < -0.3 is 25.9 Å². The molecule has 7 N–H and O–H groups in total. The number of hydrogen-bond donors (Lipinski definition) is 6. The number of aliphatic hydroxyl groups excluding tert-OH is 1. The van der Waals surface area contributed by atoms with Gasteiger partial charge in [-0.25, -0.2) is 0 Å². The van der Waals surface area contributed by atoms with Gasteiger partial charge in [-0.05, 0) is 24.1 Å². The molecule has 1 aromatic rings. The number of nitrogens with one attached hydrogen (secondary N) is 1. The number of benzene rings is 1. The van der Waals surface area contributed by atoms with E-state index in [1.807, 2.05) is 34.1 Å². The molecule has 1 fully saturated rings. The van der Waals surface area contributed by atoms with E-state index in [1.165, 1.54) is 0 Å². The number of carboxylic acids is 2. The second-order valence-electron chi connectivity index (χ2n) is 7.47. The lowest BCUT2D eigenvalue weighted by Crippen LogP contribution is -2.49. The maximum absolute atomic E-state index is 11.5. The molecule has 0 saturated carbocycles. The lowest BCUT2D eigenvalue weighted by atomic mass is 10.0. The molecule has 0 aromatic heterocycles. The zero-order chi connectivity index (χ0) is 22.1. The Labute approximate surface area is 175 Å². The van der Waals surface area contributed by atoms with Crippen molar-refractivity contribution in [1.29, 1.82) is 0 Å². The summed E-state index contributed by atoms with van der Waals surface area (Å²) in [6, 6.07) is 7.26. The van der Waals surface area contributed by atoms with E-state index in [2.05, 4.69) is 5.43 Å². The Hall–Kier alpha value is -2.28. The zero-order valence-corrected chi connectivity index (χ0v) is 16.9. The fourth-order valence-corrected chi connectivity index (χ4v) is 3.68. The van der Waals surface area contributed by atoms with Gasteiger partial charge in [0.15, 0.2) is 6.29 Å². The number of carbonyl (C=O) groups is 2. The molecule has 1 aliphatic rings. The van der Waals surface area contributed by atoms with Crippen LogP contribution in [0.2, 0.25) is 0 Å². The highest BCUT2D eigenvalue weighted by Gasteiger charge is 2.27. The van der Waals surface area contributed by atoms with Crippen LogP contribution in [0, 0.1) is 0 Å². The van der Waals surface area contributed by atoms with Crippen molar-refractivity contribution in [3.8, 4) is 0 Å². The first kappa shape index (κ1) is 24.0. The van der Waals surface area contributed by atoms with Gasteiger partial charge in [0.05, 0.1) is 13.1 Å². The lowest BCUT2D eigenvalue weighted by Gasteiger charge is -2.34. The molecule has 0 amide bonds. The van der Waals surface area contributed by atoms with Crippen LogP contribution in [-0.2, 0) is 16.0 Å². The standard InChI is InChI=1S/C19H31N5O6/c20-21-15-3-1-14(2-4-15)9-16-10-23(12-18(27)28)6-5-22(11-17(25)26)7-8-24(16)13-19(29)30/h1-4,16,18,21,27-28H,5-13,20H2,(H,25,26)(H,29,30). The van der Waals surface area contributed by atoms with Gasteiger partial charge in [0.2, 0.25) is 0 Å². The van der Waals surface area contributed by atoms with Crippen LogP contribution in [0.15, 0.2) is 24.3 Å². The van der Waals surface area contributed by atoms with Crippen molar-refractivity contribution >= 4 is 17.6 Å². The topological polar surface area (TPSA) is 163 Å². The first-order valence-corrected chi connectivity index (χ1v) is 9.81. The second-order valence-corrected chi connectivity index (χ2v) is 7.47. The summed E-state index contributed by atoms with van der Waals surface area (Å²) in [6.45, 7) is 1.74. The maximum Gasteiger partial charge on any atom is 0.317 e. The molecule has 1 atom stereocenters. The minimum Gasteiger partial charge on any atom is -0.480 e. The Kier molecular flexibility index (Phi) is 9.43. The summed E-state index contributed by atoms with van der Waals surface area (Å²) < 4.78 is 0. The molecule has 1 aliphatic heterocycles. The minimum atomic E-state index is -1.54. The number of hydrazine groups is 1. The van der Waals surface area contributed by atoms with Gasteiger partial charge in [-0.1, -0.05) is 12.1 Å². The third kappa shape index (κ3) is 8.22. The molecular weight excluding hydrogens is 394 g/mol. The van der Waals surface area contributed by atoms with Crippen molar-refractivity contribution in [3.63, 3.8) is 0 Å². The van der Waals surface area contributed by atoms with Crippen molar-refractivity contribution in [1.82, 2.24) is 14.7 Å². The fourth-order valence-electron chi connectivity index (χ4n) is 3.68. The van der Waals surface area contributed by atoms with Gasteiger partial charge >= 0.3 is 11.9 Å². The molecule has 1 saturated heterocycles. The van der Waals surface area contributed by atoms with E-state index in [1.54, 1.807) is 4.90 Å². The van der Waals surface area contributed by atoms with Gasteiger partial charge in [0.25, 0.3) is 0 Å². The molecule has 1 aromatic carbocycles. The normalized spacial score (nSPS) is 19.8. The molecule has 2 rings (SSSR count). The quantitative estimate of drug-likeness (QED) is 0.152. The van der Waals surface area contributed by atoms with E-state index in [9.17, 15) is 24.9 Å². The Morgan fingerprint density at radius 1 is 1.00 bits per heavy atom. The van der Waals surface area contributed by atoms with Crippen molar-refractivity contribution in [2.45, 2.75) is 18.8 Å². The molecule has 11 nitrogen and oxygen atoms in total. The molecule has 1 unspecified atom stereocenters. The zero-order valence-electron chi connectivity index (χ0n) is 16.9. The van der Waals surface area contributed by atoms with Crippen LogP contribution in [0.3, 0.4) is 0 Å². The number of hydrogen-bond acceptors (Lipinski definition) is 9. The van der Waals surface area contributed by atoms with Gasteiger partial charge in [0, 0.05) is 51.0 Å². The van der Waals surface area contributed by atoms with E-state index in [-0.39, 0.29) is 25.7 Å². The minimum absolute atomic E-state index is 0.00560. The van der Waals surface area contributed by atoms with Crippen LogP contribution < -0.4 is 11.3 Å². The second kappa shape index (κ2) is 11.8. The molecule has 0 aliphatic carbocycles. The molecule has 0 bridgehead atoms. The first-order chi connectivity index (χ1) is 14.3. The van der Waals surface area contributed by atoms with Crippen LogP contribution in [-0.4, -0.2) is 112 Å². The molecule has 0 radical (unpaired) electrons. The first-order valence-electron chi connectivity index (χ1n) is 9.81. The van der Waals surface area contributed by atoms with Gasteiger partial charge in [-0.2, -0.15) is 0 Å². The Bertz CT molecular complexity index is 686. The van der Waals surface area contributed by atoms with Gasteiger partial charge in [-0.3, -0.25) is 30.1 Å². The monoisotopic (exact) mass is 425 g/mol. The highest BCUT2D eigenvalue weighted by atomic mass is 16.5. The number of nitrogen functional groups attached to an aromatic ring is 1. The highest BCUT2D eigenvalue weighted by molar-refractivity contribution is 5.69. The van der Waals surface area contributed by atoms with Crippen molar-refractivity contribution in [3.05, 3.63) is 29.8 Å². The average molecular weight is 425 g/mol. The Balaban J connectivity index is 2.25. The van der Waals surface area contributed by atoms with Crippen LogP contribution in [0.5, 0.6) is 0 Å². The molecule has 11 heteroatoms. The number of anilines is 1. The SMILES string of the molecule is NNc1ccc(CC2CN(CC(O)O)CCN(CC(=O)O)CCN2CC(=O)O)cc1. The smallest absolute Gasteiger partial charge is 0.317 e. The number of carboxylic acid groups (broad SMARTS) is 2. The Morgan fingerprint density at radius 2 is 1.60 bits per heavy atom. The van der Waals surface area contributed by atoms with Gasteiger partial charge in [-0.15, -0.1) is 0 Å². The summed E-state index contributed by atoms with van der Waals surface area (Å²) in [5.41, 5.74) is 4.30. The number of β-amino-alcohol motifs (C(OH)–C–C–N with tert-alkyl or cyclic N) is 2. The average Bonchev–Trinajstić information content (AvgIpc) is 2.73. The number of nitrogens with two attached hydrogens (primary N) is 1. The number of nitrogens with zero attached hydrogens (tertiary/aromatic N) is 3. The van der Waals surface area contributed by atoms with Crippen molar-refractivity contribution in [2.75, 3.05) is 57.8 Å². The van der Waals surface area contributed by atoms with Crippen molar-refractivity contribution in [2.24, 2.45) is 5.84 Å². The Morgan fingerprint density at radius 3 is 2.17 bits per heavy atom. The van der Waals surface area contributed by atoms with Crippen LogP contribution >= 0.6 is 0 Å². The largest absolute Gasteiger partial charge is 0.480 e. The van der Waals surface area contributed by atoms with Gasteiger partial charge in [0.1, 0.15) is 0 Å². The highest BCUT2D eigenvalue weighted by Crippen LogP contribution is 2.16. The summed E-state index contributed by atoms with van der Waals surface area (Å²) >= 11 is 0. The summed E-state index contributed by atoms with van der Waals surface area (Å²) in [5, 5.41) is 37.5. The van der Waals surface area contributed by atoms with E-state index in [0.717, 1.165) is 11.3 Å². The van der Waals surface area contributed by atoms with E-state index in [0.29, 0.717) is 39.1 Å². The number of aliphatic hydroxyl groups is 2. The lowest BCUT2D eigenvalue weighted by molar-refractivity contribution is -0.140. The predicted molar refractivity (Wildman–Crippen MR) is 110 cm³/mol. The van der Waals surface area contributed by atoms with E-state index < -0.39 is 18.2 Å². The molecule has 1 heterocycles. The molecule has 168 valence electrons. The molecule has 0 spiro atoms. The third-order valence-corrected chi connectivity index (χ3v) is 5.13. The molecular formula is C19H31N5O6. The van der Waals surface area contributed by atoms with E-state index >= 15 is 0 Å². The maximum atomic E-state index is 11.5. The summed E-state index contributed by atoms with van der Waals surface area (Å²) in [7, 11) is 0.